The number of nitrogens with zero attached hydrogens (tertiary/aromatic N) is 3. The van der Waals surface area contributed by atoms with Gasteiger partial charge in [-0.3, -0.25) is 14.7 Å². The summed E-state index contributed by atoms with van der Waals surface area (Å²) >= 11 is 1.55. The molecule has 1 aliphatic rings. The van der Waals surface area contributed by atoms with Gasteiger partial charge in [0, 0.05) is 29.9 Å². The smallest absolute Gasteiger partial charge is 0.226 e. The molecule has 1 aromatic carbocycles. The molecule has 1 N–H and O–H groups in total. The van der Waals surface area contributed by atoms with E-state index in [1.165, 1.54) is 18.4 Å². The van der Waals surface area contributed by atoms with Crippen LogP contribution in [0.3, 0.4) is 0 Å². The van der Waals surface area contributed by atoms with Gasteiger partial charge in [-0.2, -0.15) is 0 Å². The summed E-state index contributed by atoms with van der Waals surface area (Å²) in [4.78, 5) is 23.7. The molecule has 0 spiro atoms. The summed E-state index contributed by atoms with van der Waals surface area (Å²) in [6.45, 7) is 2.81. The quantitative estimate of drug-likeness (QED) is 0.666. The Hall–Kier alpha value is -2.57. The van der Waals surface area contributed by atoms with Gasteiger partial charge in [0.2, 0.25) is 5.91 Å². The van der Waals surface area contributed by atoms with Crippen LogP contribution in [0.4, 0.5) is 0 Å². The lowest BCUT2D eigenvalue weighted by Crippen LogP contribution is -2.37. The molecule has 0 saturated carbocycles. The van der Waals surface area contributed by atoms with Crippen LogP contribution in [0.15, 0.2) is 60.2 Å². The maximum absolute atomic E-state index is 12.5. The molecule has 3 heterocycles. The van der Waals surface area contributed by atoms with E-state index in [-0.39, 0.29) is 11.9 Å². The van der Waals surface area contributed by atoms with E-state index >= 15 is 0 Å². The maximum Gasteiger partial charge on any atom is 0.226 e. The first-order chi connectivity index (χ1) is 13.8. The average Bonchev–Trinajstić information content (AvgIpc) is 3.42. The first-order valence-corrected chi connectivity index (χ1v) is 10.6. The van der Waals surface area contributed by atoms with Crippen LogP contribution in [0.1, 0.15) is 30.1 Å². The predicted octanol–water partition coefficient (Wildman–Crippen LogP) is 3.70. The van der Waals surface area contributed by atoms with E-state index in [9.17, 15) is 4.79 Å². The van der Waals surface area contributed by atoms with E-state index in [0.717, 1.165) is 29.4 Å². The Morgan fingerprint density at radius 1 is 1.14 bits per heavy atom. The molecule has 1 amide bonds. The zero-order valence-electron chi connectivity index (χ0n) is 15.8. The molecular formula is C22H24N4OS. The lowest BCUT2D eigenvalue weighted by atomic mass is 10.1. The number of nitrogens with one attached hydrogen (secondary N) is 1. The van der Waals surface area contributed by atoms with Crippen molar-refractivity contribution in [3.05, 3.63) is 71.5 Å². The molecule has 5 nitrogen and oxygen atoms in total. The molecule has 1 saturated heterocycles. The highest BCUT2D eigenvalue weighted by molar-refractivity contribution is 7.13. The molecular weight excluding hydrogens is 368 g/mol. The van der Waals surface area contributed by atoms with Gasteiger partial charge in [-0.25, -0.2) is 4.98 Å². The van der Waals surface area contributed by atoms with Crippen molar-refractivity contribution in [2.75, 3.05) is 19.6 Å². The number of carbonyl (C=O) groups is 1. The van der Waals surface area contributed by atoms with Crippen LogP contribution < -0.4 is 5.32 Å². The standard InChI is InChI=1S/C22H24N4OS/c27-21(13-19-16-28-22(25-19)18-9-6-10-23-14-18)24-15-20(26-11-4-5-12-26)17-7-2-1-3-8-17/h1-3,6-10,14,16,20H,4-5,11-13,15H2,(H,24,27). The Bertz CT molecular complexity index is 891. The van der Waals surface area contributed by atoms with Crippen molar-refractivity contribution in [1.29, 1.82) is 0 Å². The molecule has 6 heteroatoms. The SMILES string of the molecule is O=C(Cc1csc(-c2cccnc2)n1)NCC(c1ccccc1)N1CCCC1. The molecule has 144 valence electrons. The normalized spacial score (nSPS) is 15.4. The van der Waals surface area contributed by atoms with Crippen molar-refractivity contribution in [1.82, 2.24) is 20.2 Å². The summed E-state index contributed by atoms with van der Waals surface area (Å²) < 4.78 is 0. The van der Waals surface area contributed by atoms with Crippen LogP contribution >= 0.6 is 11.3 Å². The molecule has 4 rings (SSSR count). The molecule has 0 aliphatic carbocycles. The van der Waals surface area contributed by atoms with E-state index in [2.05, 4.69) is 44.5 Å². The molecule has 2 aromatic heterocycles. The number of likely N-dealkylation sites (tertiary alicyclic amines) is 1. The van der Waals surface area contributed by atoms with Crippen LogP contribution in [-0.2, 0) is 11.2 Å². The van der Waals surface area contributed by atoms with Crippen LogP contribution in [-0.4, -0.2) is 40.4 Å². The first-order valence-electron chi connectivity index (χ1n) is 9.70. The second-order valence-corrected chi connectivity index (χ2v) is 7.89. The summed E-state index contributed by atoms with van der Waals surface area (Å²) in [5, 5.41) is 5.98. The third-order valence-electron chi connectivity index (χ3n) is 5.06. The number of aromatic nitrogens is 2. The van der Waals surface area contributed by atoms with Crippen molar-refractivity contribution < 1.29 is 4.79 Å². The molecule has 28 heavy (non-hydrogen) atoms. The average molecular weight is 393 g/mol. The number of benzene rings is 1. The molecule has 1 fully saturated rings. The van der Waals surface area contributed by atoms with Gasteiger partial charge >= 0.3 is 0 Å². The lowest BCUT2D eigenvalue weighted by Gasteiger charge is -2.28. The number of thiazole rings is 1. The van der Waals surface area contributed by atoms with Crippen LogP contribution in [0.25, 0.3) is 10.6 Å². The van der Waals surface area contributed by atoms with Gasteiger partial charge in [-0.15, -0.1) is 11.3 Å². The third-order valence-corrected chi connectivity index (χ3v) is 6.00. The van der Waals surface area contributed by atoms with Crippen LogP contribution in [0, 0.1) is 0 Å². The molecule has 1 unspecified atom stereocenters. The Morgan fingerprint density at radius 3 is 2.71 bits per heavy atom. The predicted molar refractivity (Wildman–Crippen MR) is 112 cm³/mol. The van der Waals surface area contributed by atoms with Gasteiger partial charge in [0.05, 0.1) is 18.2 Å². The fraction of sp³-hybridized carbons (Fsp3) is 0.318. The zero-order valence-corrected chi connectivity index (χ0v) is 16.6. The Labute approximate surface area is 169 Å². The van der Waals surface area contributed by atoms with Gasteiger partial charge in [0.1, 0.15) is 5.01 Å². The van der Waals surface area contributed by atoms with Crippen molar-refractivity contribution in [3.8, 4) is 10.6 Å². The monoisotopic (exact) mass is 392 g/mol. The van der Waals surface area contributed by atoms with E-state index < -0.39 is 0 Å². The van der Waals surface area contributed by atoms with Crippen molar-refractivity contribution >= 4 is 17.2 Å². The first kappa shape index (κ1) is 18.8. The third kappa shape index (κ3) is 4.64. The van der Waals surface area contributed by atoms with E-state index in [4.69, 9.17) is 0 Å². The van der Waals surface area contributed by atoms with Crippen LogP contribution in [0.2, 0.25) is 0 Å². The number of pyridine rings is 1. The Balaban J connectivity index is 1.37. The highest BCUT2D eigenvalue weighted by Crippen LogP contribution is 2.25. The number of carbonyl (C=O) groups excluding carboxylic acids is 1. The minimum Gasteiger partial charge on any atom is -0.354 e. The molecule has 3 aromatic rings. The topological polar surface area (TPSA) is 58.1 Å². The number of rotatable bonds is 7. The Kier molecular flexibility index (Phi) is 6.09. The van der Waals surface area contributed by atoms with Gasteiger partial charge in [0.15, 0.2) is 0 Å². The van der Waals surface area contributed by atoms with Crippen molar-refractivity contribution in [3.63, 3.8) is 0 Å². The van der Waals surface area contributed by atoms with Gasteiger partial charge < -0.3 is 5.32 Å². The molecule has 0 radical (unpaired) electrons. The van der Waals surface area contributed by atoms with Crippen LogP contribution in [0.5, 0.6) is 0 Å². The molecule has 0 bridgehead atoms. The largest absolute Gasteiger partial charge is 0.354 e. The molecule has 1 aliphatic heterocycles. The maximum atomic E-state index is 12.5. The summed E-state index contributed by atoms with van der Waals surface area (Å²) in [7, 11) is 0. The fourth-order valence-electron chi connectivity index (χ4n) is 3.63. The van der Waals surface area contributed by atoms with Gasteiger partial charge in [0.25, 0.3) is 0 Å². The highest BCUT2D eigenvalue weighted by atomic mass is 32.1. The second kappa shape index (κ2) is 9.08. The second-order valence-electron chi connectivity index (χ2n) is 7.04. The minimum absolute atomic E-state index is 0.0168. The molecule has 1 atom stereocenters. The van der Waals surface area contributed by atoms with Crippen molar-refractivity contribution in [2.45, 2.75) is 25.3 Å². The summed E-state index contributed by atoms with van der Waals surface area (Å²) in [6, 6.07) is 14.6. The number of hydrogen-bond acceptors (Lipinski definition) is 5. The summed E-state index contributed by atoms with van der Waals surface area (Å²) in [5.41, 5.74) is 3.05. The summed E-state index contributed by atoms with van der Waals surface area (Å²) in [5.74, 6) is 0.0168. The summed E-state index contributed by atoms with van der Waals surface area (Å²) in [6.07, 6.45) is 6.30. The number of hydrogen-bond donors (Lipinski definition) is 1. The van der Waals surface area contributed by atoms with E-state index in [1.54, 1.807) is 23.7 Å². The zero-order chi connectivity index (χ0) is 19.2. The van der Waals surface area contributed by atoms with Crippen molar-refractivity contribution in [2.24, 2.45) is 0 Å². The Morgan fingerprint density at radius 2 is 1.96 bits per heavy atom. The van der Waals surface area contributed by atoms with Gasteiger partial charge in [-0.1, -0.05) is 30.3 Å². The van der Waals surface area contributed by atoms with E-state index in [1.807, 2.05) is 23.6 Å². The highest BCUT2D eigenvalue weighted by Gasteiger charge is 2.23. The number of amides is 1. The lowest BCUT2D eigenvalue weighted by molar-refractivity contribution is -0.120. The van der Waals surface area contributed by atoms with E-state index in [0.29, 0.717) is 13.0 Å². The van der Waals surface area contributed by atoms with Gasteiger partial charge in [-0.05, 0) is 43.6 Å². The minimum atomic E-state index is 0.0168. The fourth-order valence-corrected chi connectivity index (χ4v) is 4.44.